The van der Waals surface area contributed by atoms with Gasteiger partial charge in [-0.15, -0.1) is 0 Å². The van der Waals surface area contributed by atoms with Crippen LogP contribution in [0.5, 0.6) is 5.75 Å². The normalized spacial score (nSPS) is 12.0. The number of carbonyl (C=O) groups is 2. The molecule has 3 aromatic carbocycles. The number of aryl methyl sites for hydroxylation is 1. The van der Waals surface area contributed by atoms with Crippen molar-refractivity contribution in [1.29, 1.82) is 0 Å². The first-order valence-corrected chi connectivity index (χ1v) is 15.5. The fourth-order valence-corrected chi connectivity index (χ4v) is 6.19. The Balaban J connectivity index is 2.09. The number of amides is 2. The topological polar surface area (TPSA) is 96.0 Å². The summed E-state index contributed by atoms with van der Waals surface area (Å²) in [6.07, 6.45) is 1.00. The number of ether oxygens (including phenoxy) is 1. The standard InChI is InChI=1S/C30H35Cl2N3O5S/c1-5-18-33-30(37)28(6-2)34(19-25-26(31)8-7-9-27(25)32)29(36)20-35(22-12-14-23(40-4)15-13-22)41(38,39)24-16-10-21(3)11-17-24/h7-17,28H,5-6,18-20H2,1-4H3,(H,33,37)/t28-/m0/s1. The third-order valence-electron chi connectivity index (χ3n) is 6.57. The summed E-state index contributed by atoms with van der Waals surface area (Å²) in [4.78, 5) is 28.7. The SMILES string of the molecule is CCCNC(=O)[C@H](CC)N(Cc1c(Cl)cccc1Cl)C(=O)CN(c1ccc(OC)cc1)S(=O)(=O)c1ccc(C)cc1. The fraction of sp³-hybridized carbons (Fsp3) is 0.333. The summed E-state index contributed by atoms with van der Waals surface area (Å²) in [5.41, 5.74) is 1.62. The Kier molecular flexibility index (Phi) is 11.5. The van der Waals surface area contributed by atoms with E-state index in [9.17, 15) is 18.0 Å². The number of carbonyl (C=O) groups excluding carboxylic acids is 2. The lowest BCUT2D eigenvalue weighted by Gasteiger charge is -2.33. The van der Waals surface area contributed by atoms with Crippen molar-refractivity contribution in [3.8, 4) is 5.75 Å². The lowest BCUT2D eigenvalue weighted by molar-refractivity contribution is -0.140. The summed E-state index contributed by atoms with van der Waals surface area (Å²) in [6, 6.07) is 16.8. The molecule has 0 bridgehead atoms. The number of benzene rings is 3. The van der Waals surface area contributed by atoms with Crippen LogP contribution < -0.4 is 14.4 Å². The molecule has 2 amide bonds. The number of nitrogens with one attached hydrogen (secondary N) is 1. The predicted molar refractivity (Wildman–Crippen MR) is 163 cm³/mol. The molecule has 1 N–H and O–H groups in total. The number of nitrogens with zero attached hydrogens (tertiary/aromatic N) is 2. The van der Waals surface area contributed by atoms with Gasteiger partial charge >= 0.3 is 0 Å². The minimum Gasteiger partial charge on any atom is -0.497 e. The van der Waals surface area contributed by atoms with E-state index in [1.165, 1.54) is 24.1 Å². The Morgan fingerprint density at radius 2 is 1.56 bits per heavy atom. The first-order chi connectivity index (χ1) is 19.5. The van der Waals surface area contributed by atoms with Gasteiger partial charge in [0.25, 0.3) is 10.0 Å². The lowest BCUT2D eigenvalue weighted by Crippen LogP contribution is -2.52. The molecule has 0 unspecified atom stereocenters. The molecule has 0 aliphatic carbocycles. The van der Waals surface area contributed by atoms with Crippen molar-refractivity contribution in [3.63, 3.8) is 0 Å². The Hall–Kier alpha value is -3.27. The molecule has 0 radical (unpaired) electrons. The summed E-state index contributed by atoms with van der Waals surface area (Å²) < 4.78 is 34.2. The van der Waals surface area contributed by atoms with Crippen molar-refractivity contribution in [2.75, 3.05) is 24.5 Å². The molecule has 0 aliphatic heterocycles. The van der Waals surface area contributed by atoms with Crippen molar-refractivity contribution < 1.29 is 22.7 Å². The summed E-state index contributed by atoms with van der Waals surface area (Å²) >= 11 is 12.9. The van der Waals surface area contributed by atoms with Crippen LogP contribution in [0.25, 0.3) is 0 Å². The third kappa shape index (κ3) is 7.93. The average Bonchev–Trinajstić information content (AvgIpc) is 2.96. The second-order valence-corrected chi connectivity index (χ2v) is 12.1. The number of anilines is 1. The zero-order valence-corrected chi connectivity index (χ0v) is 25.9. The lowest BCUT2D eigenvalue weighted by atomic mass is 10.1. The van der Waals surface area contributed by atoms with Gasteiger partial charge in [0, 0.05) is 28.7 Å². The van der Waals surface area contributed by atoms with Crippen LogP contribution in [0.15, 0.2) is 71.6 Å². The first-order valence-electron chi connectivity index (χ1n) is 13.3. The maximum absolute atomic E-state index is 14.1. The zero-order valence-electron chi connectivity index (χ0n) is 23.6. The van der Waals surface area contributed by atoms with Crippen LogP contribution in [0.2, 0.25) is 10.0 Å². The van der Waals surface area contributed by atoms with E-state index < -0.39 is 28.5 Å². The third-order valence-corrected chi connectivity index (χ3v) is 9.07. The molecular formula is C30H35Cl2N3O5S. The molecule has 11 heteroatoms. The quantitative estimate of drug-likeness (QED) is 0.259. The zero-order chi connectivity index (χ0) is 30.2. The molecule has 0 fully saturated rings. The Morgan fingerprint density at radius 1 is 0.951 bits per heavy atom. The largest absolute Gasteiger partial charge is 0.497 e. The Morgan fingerprint density at radius 3 is 2.10 bits per heavy atom. The molecule has 0 aromatic heterocycles. The van der Waals surface area contributed by atoms with Crippen molar-refractivity contribution in [2.24, 2.45) is 0 Å². The number of hydrogen-bond acceptors (Lipinski definition) is 5. The molecule has 0 spiro atoms. The molecule has 220 valence electrons. The minimum absolute atomic E-state index is 0.0279. The van der Waals surface area contributed by atoms with E-state index in [0.717, 1.165) is 9.87 Å². The molecule has 0 saturated heterocycles. The highest BCUT2D eigenvalue weighted by Gasteiger charge is 2.34. The van der Waals surface area contributed by atoms with E-state index in [0.29, 0.717) is 34.3 Å². The Bertz CT molecular complexity index is 1430. The number of methoxy groups -OCH3 is 1. The smallest absolute Gasteiger partial charge is 0.264 e. The number of rotatable bonds is 13. The van der Waals surface area contributed by atoms with Gasteiger partial charge in [-0.2, -0.15) is 0 Å². The van der Waals surface area contributed by atoms with Crippen LogP contribution in [-0.2, 0) is 26.2 Å². The fourth-order valence-electron chi connectivity index (χ4n) is 4.25. The van der Waals surface area contributed by atoms with E-state index >= 15 is 0 Å². The maximum Gasteiger partial charge on any atom is 0.264 e. The molecule has 0 saturated carbocycles. The molecule has 41 heavy (non-hydrogen) atoms. The highest BCUT2D eigenvalue weighted by Crippen LogP contribution is 2.29. The van der Waals surface area contributed by atoms with Crippen LogP contribution in [0.3, 0.4) is 0 Å². The van der Waals surface area contributed by atoms with Gasteiger partial charge in [0.15, 0.2) is 0 Å². The number of hydrogen-bond donors (Lipinski definition) is 1. The van der Waals surface area contributed by atoms with Crippen molar-refractivity contribution >= 4 is 50.7 Å². The predicted octanol–water partition coefficient (Wildman–Crippen LogP) is 5.84. The van der Waals surface area contributed by atoms with Crippen LogP contribution in [0, 0.1) is 6.92 Å². The maximum atomic E-state index is 14.1. The second-order valence-electron chi connectivity index (χ2n) is 9.46. The second kappa shape index (κ2) is 14.6. The highest BCUT2D eigenvalue weighted by atomic mass is 35.5. The van der Waals surface area contributed by atoms with E-state index in [2.05, 4.69) is 5.32 Å². The molecule has 8 nitrogen and oxygen atoms in total. The monoisotopic (exact) mass is 619 g/mol. The van der Waals surface area contributed by atoms with Gasteiger partial charge in [0.1, 0.15) is 18.3 Å². The highest BCUT2D eigenvalue weighted by molar-refractivity contribution is 7.92. The van der Waals surface area contributed by atoms with Gasteiger partial charge in [-0.05, 0) is 68.3 Å². The van der Waals surface area contributed by atoms with Crippen molar-refractivity contribution in [3.05, 3.63) is 87.9 Å². The van der Waals surface area contributed by atoms with E-state index in [1.807, 2.05) is 13.8 Å². The number of sulfonamides is 1. The number of halogens is 2. The van der Waals surface area contributed by atoms with Gasteiger partial charge in [0.2, 0.25) is 11.8 Å². The van der Waals surface area contributed by atoms with Crippen LogP contribution in [0.4, 0.5) is 5.69 Å². The van der Waals surface area contributed by atoms with Crippen molar-refractivity contribution in [2.45, 2.75) is 51.1 Å². The first kappa shape index (κ1) is 32.2. The molecule has 0 heterocycles. The van der Waals surface area contributed by atoms with E-state index in [4.69, 9.17) is 27.9 Å². The van der Waals surface area contributed by atoms with Crippen LogP contribution in [0.1, 0.15) is 37.8 Å². The summed E-state index contributed by atoms with van der Waals surface area (Å²) in [5, 5.41) is 3.51. The van der Waals surface area contributed by atoms with Gasteiger partial charge in [-0.25, -0.2) is 8.42 Å². The summed E-state index contributed by atoms with van der Waals surface area (Å²) in [7, 11) is -2.68. The minimum atomic E-state index is -4.18. The molecule has 3 rings (SSSR count). The van der Waals surface area contributed by atoms with Gasteiger partial charge in [-0.1, -0.05) is 60.8 Å². The molecule has 0 aliphatic rings. The van der Waals surface area contributed by atoms with Crippen LogP contribution >= 0.6 is 23.2 Å². The van der Waals surface area contributed by atoms with Gasteiger partial charge < -0.3 is 15.0 Å². The van der Waals surface area contributed by atoms with Crippen LogP contribution in [-0.4, -0.2) is 51.4 Å². The van der Waals surface area contributed by atoms with E-state index in [1.54, 1.807) is 61.5 Å². The van der Waals surface area contributed by atoms with Gasteiger partial charge in [-0.3, -0.25) is 13.9 Å². The van der Waals surface area contributed by atoms with E-state index in [-0.39, 0.29) is 29.5 Å². The molecule has 1 atom stereocenters. The molecule has 3 aromatic rings. The average molecular weight is 621 g/mol. The summed E-state index contributed by atoms with van der Waals surface area (Å²) in [6.45, 7) is 5.35. The Labute approximate surface area is 252 Å². The summed E-state index contributed by atoms with van der Waals surface area (Å²) in [5.74, 6) is -0.407. The molecular weight excluding hydrogens is 585 g/mol. The van der Waals surface area contributed by atoms with Crippen molar-refractivity contribution in [1.82, 2.24) is 10.2 Å². The van der Waals surface area contributed by atoms with Gasteiger partial charge in [0.05, 0.1) is 17.7 Å².